The molecule has 0 spiro atoms. The Bertz CT molecular complexity index is 689. The lowest BCUT2D eigenvalue weighted by Gasteiger charge is -2.09. The first kappa shape index (κ1) is 16.6. The van der Waals surface area contributed by atoms with Gasteiger partial charge in [0.2, 0.25) is 0 Å². The monoisotopic (exact) mass is 334 g/mol. The number of hydrazine groups is 1. The zero-order valence-corrected chi connectivity index (χ0v) is 13.1. The lowest BCUT2D eigenvalue weighted by atomic mass is 10.2. The van der Waals surface area contributed by atoms with E-state index in [2.05, 4.69) is 10.9 Å². The normalized spacial score (nSPS) is 9.83. The number of hydrogen-bond donors (Lipinski definition) is 2. The van der Waals surface area contributed by atoms with Gasteiger partial charge < -0.3 is 9.47 Å². The quantitative estimate of drug-likeness (QED) is 0.843. The standard InChI is InChI=1S/C16H15ClN2O4/c1-22-14-7-5-11(6-8-14)10-23-16(21)19-18-15(20)12-3-2-4-13(17)9-12/h2-9H,10H2,1H3,(H,18,20)(H,19,21). The van der Waals surface area contributed by atoms with Gasteiger partial charge in [0.05, 0.1) is 7.11 Å². The van der Waals surface area contributed by atoms with Gasteiger partial charge in [0, 0.05) is 10.6 Å². The minimum Gasteiger partial charge on any atom is -0.497 e. The number of ether oxygens (including phenoxy) is 2. The van der Waals surface area contributed by atoms with E-state index in [1.165, 1.54) is 6.07 Å². The van der Waals surface area contributed by atoms with Gasteiger partial charge in [-0.3, -0.25) is 10.2 Å². The molecule has 2 aromatic carbocycles. The molecule has 23 heavy (non-hydrogen) atoms. The number of benzene rings is 2. The van der Waals surface area contributed by atoms with E-state index in [9.17, 15) is 9.59 Å². The molecular formula is C16H15ClN2O4. The van der Waals surface area contributed by atoms with E-state index in [0.717, 1.165) is 5.56 Å². The van der Waals surface area contributed by atoms with Crippen LogP contribution in [-0.4, -0.2) is 19.1 Å². The summed E-state index contributed by atoms with van der Waals surface area (Å²) in [5, 5.41) is 0.430. The van der Waals surface area contributed by atoms with Crippen molar-refractivity contribution >= 4 is 23.6 Å². The molecule has 2 N–H and O–H groups in total. The van der Waals surface area contributed by atoms with Crippen molar-refractivity contribution in [2.75, 3.05) is 7.11 Å². The largest absolute Gasteiger partial charge is 0.497 e. The Hall–Kier alpha value is -2.73. The van der Waals surface area contributed by atoms with Crippen LogP contribution in [-0.2, 0) is 11.3 Å². The third-order valence-electron chi connectivity index (χ3n) is 2.89. The fourth-order valence-corrected chi connectivity index (χ4v) is 1.91. The van der Waals surface area contributed by atoms with Crippen LogP contribution in [0.5, 0.6) is 5.75 Å². The van der Waals surface area contributed by atoms with E-state index in [1.54, 1.807) is 49.6 Å². The van der Waals surface area contributed by atoms with Gasteiger partial charge in [-0.25, -0.2) is 10.2 Å². The van der Waals surface area contributed by atoms with Crippen LogP contribution in [0.25, 0.3) is 0 Å². The molecule has 0 unspecified atom stereocenters. The van der Waals surface area contributed by atoms with Crippen LogP contribution in [0, 0.1) is 0 Å². The highest BCUT2D eigenvalue weighted by Gasteiger charge is 2.08. The van der Waals surface area contributed by atoms with Crippen LogP contribution in [0.2, 0.25) is 5.02 Å². The Balaban J connectivity index is 1.77. The summed E-state index contributed by atoms with van der Waals surface area (Å²) in [5.74, 6) is 0.223. The Morgan fingerprint density at radius 2 is 1.83 bits per heavy atom. The molecule has 120 valence electrons. The van der Waals surface area contributed by atoms with E-state index in [4.69, 9.17) is 21.1 Å². The van der Waals surface area contributed by atoms with Crippen LogP contribution < -0.4 is 15.6 Å². The molecule has 0 fully saturated rings. The van der Waals surface area contributed by atoms with Gasteiger partial charge in [0.15, 0.2) is 0 Å². The van der Waals surface area contributed by atoms with E-state index < -0.39 is 12.0 Å². The maximum absolute atomic E-state index is 11.8. The summed E-state index contributed by atoms with van der Waals surface area (Å²) < 4.78 is 10.0. The summed E-state index contributed by atoms with van der Waals surface area (Å²) in [6, 6.07) is 13.4. The van der Waals surface area contributed by atoms with Crippen molar-refractivity contribution in [1.29, 1.82) is 0 Å². The number of methoxy groups -OCH3 is 1. The second kappa shape index (κ2) is 8.05. The number of rotatable bonds is 4. The topological polar surface area (TPSA) is 76.7 Å². The zero-order chi connectivity index (χ0) is 16.7. The molecule has 2 aromatic rings. The maximum atomic E-state index is 11.8. The first-order valence-corrected chi connectivity index (χ1v) is 7.08. The molecule has 0 heterocycles. The Kier molecular flexibility index (Phi) is 5.82. The van der Waals surface area contributed by atoms with E-state index in [0.29, 0.717) is 16.3 Å². The van der Waals surface area contributed by atoms with Crippen LogP contribution in [0.1, 0.15) is 15.9 Å². The van der Waals surface area contributed by atoms with Crippen molar-refractivity contribution in [2.45, 2.75) is 6.61 Å². The number of hydrogen-bond acceptors (Lipinski definition) is 4. The molecular weight excluding hydrogens is 320 g/mol. The lowest BCUT2D eigenvalue weighted by Crippen LogP contribution is -2.41. The molecule has 0 bridgehead atoms. The minimum atomic E-state index is -0.767. The van der Waals surface area contributed by atoms with Crippen LogP contribution >= 0.6 is 11.6 Å². The van der Waals surface area contributed by atoms with Crippen molar-refractivity contribution in [3.05, 3.63) is 64.7 Å². The molecule has 0 aliphatic carbocycles. The molecule has 0 aromatic heterocycles. The Morgan fingerprint density at radius 3 is 2.48 bits per heavy atom. The van der Waals surface area contributed by atoms with E-state index >= 15 is 0 Å². The van der Waals surface area contributed by atoms with Gasteiger partial charge in [-0.2, -0.15) is 0 Å². The summed E-state index contributed by atoms with van der Waals surface area (Å²) >= 11 is 5.79. The van der Waals surface area contributed by atoms with Crippen molar-refractivity contribution in [3.8, 4) is 5.75 Å². The first-order valence-electron chi connectivity index (χ1n) is 6.70. The highest BCUT2D eigenvalue weighted by molar-refractivity contribution is 6.30. The molecule has 7 heteroatoms. The third-order valence-corrected chi connectivity index (χ3v) is 3.13. The second-order valence-corrected chi connectivity index (χ2v) is 4.95. The summed E-state index contributed by atoms with van der Waals surface area (Å²) in [6.45, 7) is 0.0723. The summed E-state index contributed by atoms with van der Waals surface area (Å²) in [4.78, 5) is 23.3. The molecule has 2 amide bonds. The molecule has 0 saturated heterocycles. The first-order chi connectivity index (χ1) is 11.1. The van der Waals surface area contributed by atoms with Crippen molar-refractivity contribution in [2.24, 2.45) is 0 Å². The second-order valence-electron chi connectivity index (χ2n) is 4.51. The van der Waals surface area contributed by atoms with Gasteiger partial charge in [-0.1, -0.05) is 29.8 Å². The smallest absolute Gasteiger partial charge is 0.426 e. The average molecular weight is 335 g/mol. The Morgan fingerprint density at radius 1 is 1.09 bits per heavy atom. The molecule has 0 atom stereocenters. The predicted molar refractivity (Wildman–Crippen MR) is 85.2 cm³/mol. The van der Waals surface area contributed by atoms with Gasteiger partial charge in [-0.15, -0.1) is 0 Å². The summed E-state index contributed by atoms with van der Waals surface area (Å²) in [5.41, 5.74) is 5.52. The SMILES string of the molecule is COc1ccc(COC(=O)NNC(=O)c2cccc(Cl)c2)cc1. The average Bonchev–Trinajstić information content (AvgIpc) is 2.58. The highest BCUT2D eigenvalue weighted by Crippen LogP contribution is 2.12. The Labute approximate surface area is 138 Å². The van der Waals surface area contributed by atoms with Gasteiger partial charge in [0.25, 0.3) is 5.91 Å². The molecule has 0 aliphatic rings. The van der Waals surface area contributed by atoms with Crippen LogP contribution in [0.4, 0.5) is 4.79 Å². The molecule has 0 aliphatic heterocycles. The summed E-state index contributed by atoms with van der Waals surface area (Å²) in [7, 11) is 1.57. The zero-order valence-electron chi connectivity index (χ0n) is 12.3. The maximum Gasteiger partial charge on any atom is 0.426 e. The molecule has 2 rings (SSSR count). The predicted octanol–water partition coefficient (Wildman–Crippen LogP) is 2.92. The van der Waals surface area contributed by atoms with E-state index in [-0.39, 0.29) is 6.61 Å². The number of carbonyl (C=O) groups is 2. The number of amides is 2. The van der Waals surface area contributed by atoms with E-state index in [1.807, 2.05) is 0 Å². The van der Waals surface area contributed by atoms with Gasteiger partial charge >= 0.3 is 6.09 Å². The number of nitrogens with one attached hydrogen (secondary N) is 2. The molecule has 6 nitrogen and oxygen atoms in total. The van der Waals surface area contributed by atoms with Crippen LogP contribution in [0.15, 0.2) is 48.5 Å². The van der Waals surface area contributed by atoms with Crippen molar-refractivity contribution in [3.63, 3.8) is 0 Å². The fraction of sp³-hybridized carbons (Fsp3) is 0.125. The lowest BCUT2D eigenvalue weighted by molar-refractivity contribution is 0.0905. The fourth-order valence-electron chi connectivity index (χ4n) is 1.72. The van der Waals surface area contributed by atoms with Gasteiger partial charge in [-0.05, 0) is 35.9 Å². The number of carbonyl (C=O) groups excluding carboxylic acids is 2. The minimum absolute atomic E-state index is 0.0723. The van der Waals surface area contributed by atoms with Crippen molar-refractivity contribution in [1.82, 2.24) is 10.9 Å². The molecule has 0 radical (unpaired) electrons. The van der Waals surface area contributed by atoms with Gasteiger partial charge in [0.1, 0.15) is 12.4 Å². The highest BCUT2D eigenvalue weighted by atomic mass is 35.5. The third kappa shape index (κ3) is 5.19. The van der Waals surface area contributed by atoms with Crippen molar-refractivity contribution < 1.29 is 19.1 Å². The molecule has 0 saturated carbocycles. The number of halogens is 1. The summed E-state index contributed by atoms with van der Waals surface area (Å²) in [6.07, 6.45) is -0.767. The van der Waals surface area contributed by atoms with Crippen LogP contribution in [0.3, 0.4) is 0 Å².